The molecule has 5 nitrogen and oxygen atoms in total. The van der Waals surface area contributed by atoms with E-state index in [0.29, 0.717) is 6.07 Å². The van der Waals surface area contributed by atoms with E-state index in [9.17, 15) is 27.2 Å². The number of nitrogens with zero attached hydrogens (tertiary/aromatic N) is 1. The first kappa shape index (κ1) is 18.1. The van der Waals surface area contributed by atoms with Crippen LogP contribution in [0.25, 0.3) is 0 Å². The molecular weight excluding hydrogens is 342 g/mol. The fourth-order valence-electron chi connectivity index (χ4n) is 1.75. The zero-order valence-corrected chi connectivity index (χ0v) is 12.5. The predicted octanol–water partition coefficient (Wildman–Crippen LogP) is 2.93. The summed E-state index contributed by atoms with van der Waals surface area (Å²) in [6, 6.07) is 9.40. The maximum atomic E-state index is 13.3. The Hall–Kier alpha value is -3.23. The summed E-state index contributed by atoms with van der Waals surface area (Å²) in [6.07, 6.45) is -3.59. The molecule has 2 rings (SSSR count). The summed E-state index contributed by atoms with van der Waals surface area (Å²) in [6.45, 7) is 0. The molecule has 0 bridgehead atoms. The van der Waals surface area contributed by atoms with E-state index in [1.165, 1.54) is 24.3 Å². The van der Waals surface area contributed by atoms with E-state index in [4.69, 9.17) is 0 Å². The molecular formula is C16H11F4N3O2. The van der Waals surface area contributed by atoms with Gasteiger partial charge >= 0.3 is 18.0 Å². The van der Waals surface area contributed by atoms with E-state index in [0.717, 1.165) is 18.3 Å². The second kappa shape index (κ2) is 7.56. The van der Waals surface area contributed by atoms with E-state index in [1.807, 2.05) is 10.7 Å². The van der Waals surface area contributed by atoms with E-state index >= 15 is 0 Å². The lowest BCUT2D eigenvalue weighted by molar-refractivity contribution is -0.137. The highest BCUT2D eigenvalue weighted by molar-refractivity contribution is 6.39. The van der Waals surface area contributed by atoms with Crippen LogP contribution in [0.3, 0.4) is 0 Å². The maximum Gasteiger partial charge on any atom is 0.416 e. The zero-order valence-electron chi connectivity index (χ0n) is 12.5. The van der Waals surface area contributed by atoms with Gasteiger partial charge in [-0.05, 0) is 24.3 Å². The molecule has 0 aliphatic carbocycles. The fourth-order valence-corrected chi connectivity index (χ4v) is 1.75. The monoisotopic (exact) mass is 353 g/mol. The van der Waals surface area contributed by atoms with Crippen LogP contribution in [0, 0.1) is 5.82 Å². The molecule has 2 amide bonds. The van der Waals surface area contributed by atoms with Gasteiger partial charge in [-0.15, -0.1) is 0 Å². The minimum Gasteiger partial charge on any atom is -0.318 e. The minimum absolute atomic E-state index is 0.0843. The molecule has 0 saturated heterocycles. The van der Waals surface area contributed by atoms with Crippen molar-refractivity contribution in [1.82, 2.24) is 5.43 Å². The first-order valence-electron chi connectivity index (χ1n) is 6.83. The number of hydrogen-bond donors (Lipinski definition) is 2. The van der Waals surface area contributed by atoms with Crippen LogP contribution < -0.4 is 10.7 Å². The number of halogens is 4. The van der Waals surface area contributed by atoms with Gasteiger partial charge in [-0.2, -0.15) is 18.3 Å². The SMILES string of the molecule is O=C(N/N=C\c1ccccc1F)C(=O)Nc1cccc(C(F)(F)F)c1. The van der Waals surface area contributed by atoms with Gasteiger partial charge in [0.2, 0.25) is 0 Å². The highest BCUT2D eigenvalue weighted by Gasteiger charge is 2.30. The van der Waals surface area contributed by atoms with E-state index in [1.54, 1.807) is 6.07 Å². The van der Waals surface area contributed by atoms with Crippen LogP contribution in [0.15, 0.2) is 53.6 Å². The fraction of sp³-hybridized carbons (Fsp3) is 0.0625. The molecule has 9 heteroatoms. The highest BCUT2D eigenvalue weighted by atomic mass is 19.4. The average Bonchev–Trinajstić information content (AvgIpc) is 2.56. The Balaban J connectivity index is 1.97. The molecule has 0 atom stereocenters. The molecule has 0 unspecified atom stereocenters. The van der Waals surface area contributed by atoms with Crippen molar-refractivity contribution in [3.05, 3.63) is 65.5 Å². The lowest BCUT2D eigenvalue weighted by Gasteiger charge is -2.09. The van der Waals surface area contributed by atoms with Crippen molar-refractivity contribution >= 4 is 23.7 Å². The van der Waals surface area contributed by atoms with Gasteiger partial charge in [0.1, 0.15) is 5.82 Å². The number of alkyl halides is 3. The number of rotatable bonds is 3. The average molecular weight is 353 g/mol. The summed E-state index contributed by atoms with van der Waals surface area (Å²) in [7, 11) is 0. The summed E-state index contributed by atoms with van der Waals surface area (Å²) in [5, 5.41) is 5.43. The number of anilines is 1. The Kier molecular flexibility index (Phi) is 5.48. The van der Waals surface area contributed by atoms with Crippen molar-refractivity contribution in [3.63, 3.8) is 0 Å². The number of carbonyl (C=O) groups is 2. The van der Waals surface area contributed by atoms with Crippen LogP contribution in [0.4, 0.5) is 23.2 Å². The molecule has 130 valence electrons. The number of benzene rings is 2. The van der Waals surface area contributed by atoms with Crippen molar-refractivity contribution in [2.45, 2.75) is 6.18 Å². The van der Waals surface area contributed by atoms with Crippen LogP contribution in [0.5, 0.6) is 0 Å². The standard InChI is InChI=1S/C16H11F4N3O2/c17-13-7-2-1-4-10(13)9-21-23-15(25)14(24)22-12-6-3-5-11(8-12)16(18,19)20/h1-9H,(H,22,24)(H,23,25)/b21-9-. The summed E-state index contributed by atoms with van der Waals surface area (Å²) < 4.78 is 51.1. The molecule has 0 fully saturated rings. The van der Waals surface area contributed by atoms with Crippen LogP contribution >= 0.6 is 0 Å². The van der Waals surface area contributed by atoms with Gasteiger partial charge in [0, 0.05) is 11.3 Å². The third-order valence-electron chi connectivity index (χ3n) is 2.93. The first-order valence-corrected chi connectivity index (χ1v) is 6.83. The normalized spacial score (nSPS) is 11.4. The third-order valence-corrected chi connectivity index (χ3v) is 2.93. The first-order chi connectivity index (χ1) is 11.8. The van der Waals surface area contributed by atoms with Crippen molar-refractivity contribution in [2.75, 3.05) is 5.32 Å². The molecule has 25 heavy (non-hydrogen) atoms. The number of hydrogen-bond acceptors (Lipinski definition) is 3. The molecule has 2 aromatic rings. The van der Waals surface area contributed by atoms with Gasteiger partial charge in [0.05, 0.1) is 11.8 Å². The molecule has 0 aliphatic heterocycles. The molecule has 2 N–H and O–H groups in total. The summed E-state index contributed by atoms with van der Waals surface area (Å²) >= 11 is 0. The molecule has 0 aliphatic rings. The number of carbonyl (C=O) groups excluding carboxylic acids is 2. The summed E-state index contributed by atoms with van der Waals surface area (Å²) in [5.41, 5.74) is 0.767. The van der Waals surface area contributed by atoms with Gasteiger partial charge in [-0.1, -0.05) is 24.3 Å². The van der Waals surface area contributed by atoms with Crippen molar-refractivity contribution in [3.8, 4) is 0 Å². The van der Waals surface area contributed by atoms with E-state index in [2.05, 4.69) is 5.10 Å². The van der Waals surface area contributed by atoms with E-state index in [-0.39, 0.29) is 11.3 Å². The van der Waals surface area contributed by atoms with Crippen molar-refractivity contribution in [2.24, 2.45) is 5.10 Å². The lowest BCUT2D eigenvalue weighted by atomic mass is 10.2. The maximum absolute atomic E-state index is 13.3. The Labute approximate surface area is 139 Å². The Morgan fingerprint density at radius 3 is 2.40 bits per heavy atom. The number of nitrogens with one attached hydrogen (secondary N) is 2. The molecule has 0 spiro atoms. The van der Waals surface area contributed by atoms with E-state index < -0.39 is 29.4 Å². The second-order valence-corrected chi connectivity index (χ2v) is 4.75. The quantitative estimate of drug-likeness (QED) is 0.386. The lowest BCUT2D eigenvalue weighted by Crippen LogP contribution is -2.32. The van der Waals surface area contributed by atoms with Gasteiger partial charge in [0.15, 0.2) is 0 Å². The van der Waals surface area contributed by atoms with Crippen LogP contribution in [-0.2, 0) is 15.8 Å². The van der Waals surface area contributed by atoms with Gasteiger partial charge in [-0.25, -0.2) is 9.82 Å². The Bertz CT molecular complexity index is 819. The van der Waals surface area contributed by atoms with Gasteiger partial charge in [-0.3, -0.25) is 9.59 Å². The van der Waals surface area contributed by atoms with Gasteiger partial charge < -0.3 is 5.32 Å². The number of hydrazone groups is 1. The molecule has 0 aromatic heterocycles. The summed E-state index contributed by atoms with van der Waals surface area (Å²) in [4.78, 5) is 23.2. The van der Waals surface area contributed by atoms with Gasteiger partial charge in [0.25, 0.3) is 0 Å². The zero-order chi connectivity index (χ0) is 18.4. The molecule has 0 radical (unpaired) electrons. The topological polar surface area (TPSA) is 70.6 Å². The highest BCUT2D eigenvalue weighted by Crippen LogP contribution is 2.30. The molecule has 0 saturated carbocycles. The van der Waals surface area contributed by atoms with Crippen LogP contribution in [0.2, 0.25) is 0 Å². The van der Waals surface area contributed by atoms with Crippen molar-refractivity contribution < 1.29 is 27.2 Å². The van der Waals surface area contributed by atoms with Crippen LogP contribution in [0.1, 0.15) is 11.1 Å². The molecule has 0 heterocycles. The smallest absolute Gasteiger partial charge is 0.318 e. The third kappa shape index (κ3) is 5.13. The second-order valence-electron chi connectivity index (χ2n) is 4.75. The van der Waals surface area contributed by atoms with Crippen molar-refractivity contribution in [1.29, 1.82) is 0 Å². The predicted molar refractivity (Wildman–Crippen MR) is 82.2 cm³/mol. The Morgan fingerprint density at radius 2 is 1.72 bits per heavy atom. The minimum atomic E-state index is -4.58. The summed E-state index contributed by atoms with van der Waals surface area (Å²) in [5.74, 6) is -3.01. The number of amides is 2. The Morgan fingerprint density at radius 1 is 1.00 bits per heavy atom. The largest absolute Gasteiger partial charge is 0.416 e. The van der Waals surface area contributed by atoms with Crippen LogP contribution in [-0.4, -0.2) is 18.0 Å². The molecule has 2 aromatic carbocycles.